The molecule has 1 aromatic heterocycles. The van der Waals surface area contributed by atoms with Crippen LogP contribution in [-0.4, -0.2) is 24.5 Å². The molecule has 0 aliphatic heterocycles. The Bertz CT molecular complexity index is 1010. The Morgan fingerprint density at radius 3 is 2.26 bits per heavy atom. The molecule has 6 heteroatoms. The van der Waals surface area contributed by atoms with Crippen molar-refractivity contribution in [3.8, 4) is 0 Å². The van der Waals surface area contributed by atoms with E-state index < -0.39 is 15.8 Å². The Morgan fingerprint density at radius 2 is 1.65 bits per heavy atom. The number of aryl methyl sites for hydroxylation is 2. The van der Waals surface area contributed by atoms with Gasteiger partial charge in [-0.05, 0) is 43.2 Å². The number of hydrogen-bond acceptors (Lipinski definition) is 3. The summed E-state index contributed by atoms with van der Waals surface area (Å²) in [7, 11) is -3.95. The van der Waals surface area contributed by atoms with Gasteiger partial charge >= 0.3 is 5.97 Å². The van der Waals surface area contributed by atoms with Gasteiger partial charge in [0.15, 0.2) is 0 Å². The molecule has 2 N–H and O–H groups in total. The third kappa shape index (κ3) is 2.51. The summed E-state index contributed by atoms with van der Waals surface area (Å²) in [5.41, 5.74) is 1.78. The first kappa shape index (κ1) is 15.3. The molecule has 5 nitrogen and oxygen atoms in total. The summed E-state index contributed by atoms with van der Waals surface area (Å²) < 4.78 is 26.1. The number of carboxylic acid groups (broad SMARTS) is 1. The average molecular weight is 329 g/mol. The number of sulfone groups is 1. The Kier molecular flexibility index (Phi) is 3.49. The Morgan fingerprint density at radius 1 is 1.04 bits per heavy atom. The number of benzene rings is 2. The first-order valence-corrected chi connectivity index (χ1v) is 8.46. The van der Waals surface area contributed by atoms with Crippen LogP contribution in [0.2, 0.25) is 0 Å². The van der Waals surface area contributed by atoms with Crippen LogP contribution in [0.4, 0.5) is 0 Å². The molecule has 0 radical (unpaired) electrons. The van der Waals surface area contributed by atoms with Gasteiger partial charge in [-0.15, -0.1) is 0 Å². The second-order valence-electron chi connectivity index (χ2n) is 5.51. The first-order chi connectivity index (χ1) is 10.8. The van der Waals surface area contributed by atoms with E-state index in [2.05, 4.69) is 4.98 Å². The van der Waals surface area contributed by atoms with Gasteiger partial charge in [-0.2, -0.15) is 0 Å². The number of aromatic carboxylic acids is 1. The van der Waals surface area contributed by atoms with Gasteiger partial charge in [-0.25, -0.2) is 13.2 Å². The van der Waals surface area contributed by atoms with Crippen molar-refractivity contribution in [3.63, 3.8) is 0 Å². The number of para-hydroxylation sites is 1. The van der Waals surface area contributed by atoms with E-state index in [4.69, 9.17) is 0 Å². The fraction of sp³-hybridized carbons (Fsp3) is 0.118. The van der Waals surface area contributed by atoms with Crippen LogP contribution in [0.25, 0.3) is 10.9 Å². The van der Waals surface area contributed by atoms with Gasteiger partial charge < -0.3 is 10.1 Å². The summed E-state index contributed by atoms with van der Waals surface area (Å²) in [6, 6.07) is 11.6. The number of carboxylic acids is 1. The summed E-state index contributed by atoms with van der Waals surface area (Å²) >= 11 is 0. The number of aromatic nitrogens is 1. The summed E-state index contributed by atoms with van der Waals surface area (Å²) in [5, 5.41) is 9.77. The molecule has 0 aliphatic rings. The maximum Gasteiger partial charge on any atom is 0.353 e. The van der Waals surface area contributed by atoms with E-state index in [1.807, 2.05) is 6.07 Å². The fourth-order valence-electron chi connectivity index (χ4n) is 2.75. The van der Waals surface area contributed by atoms with E-state index in [1.54, 1.807) is 50.2 Å². The Balaban J connectivity index is 2.38. The third-order valence-electron chi connectivity index (χ3n) is 3.65. The highest BCUT2D eigenvalue weighted by Gasteiger charge is 2.29. The lowest BCUT2D eigenvalue weighted by molar-refractivity contribution is 0.0687. The standard InChI is InChI=1S/C17H15NO4S/c1-10-7-11(2)9-12(8-10)23(21,22)16-13-5-3-4-6-14(13)18-15(16)17(19)20/h3-9,18H,1-2H3,(H,19,20). The maximum absolute atomic E-state index is 13.1. The van der Waals surface area contributed by atoms with Crippen LogP contribution >= 0.6 is 0 Å². The predicted octanol–water partition coefficient (Wildman–Crippen LogP) is 3.32. The summed E-state index contributed by atoms with van der Waals surface area (Å²) in [5.74, 6) is -1.30. The number of rotatable bonds is 3. The van der Waals surface area contributed by atoms with Crippen LogP contribution in [0, 0.1) is 13.8 Å². The summed E-state index contributed by atoms with van der Waals surface area (Å²) in [4.78, 5) is 14.1. The van der Waals surface area contributed by atoms with Gasteiger partial charge in [0.25, 0.3) is 0 Å². The van der Waals surface area contributed by atoms with E-state index in [0.29, 0.717) is 10.9 Å². The molecule has 0 saturated carbocycles. The van der Waals surface area contributed by atoms with Gasteiger partial charge in [0, 0.05) is 10.9 Å². The van der Waals surface area contributed by atoms with E-state index in [1.165, 1.54) is 0 Å². The molecule has 2 aromatic carbocycles. The van der Waals surface area contributed by atoms with Crippen molar-refractivity contribution in [1.29, 1.82) is 0 Å². The number of H-pyrrole nitrogens is 1. The molecule has 23 heavy (non-hydrogen) atoms. The van der Waals surface area contributed by atoms with Crippen LogP contribution in [0.1, 0.15) is 21.6 Å². The van der Waals surface area contributed by atoms with Crippen LogP contribution in [0.5, 0.6) is 0 Å². The van der Waals surface area contributed by atoms with Crippen LogP contribution in [0.15, 0.2) is 52.3 Å². The predicted molar refractivity (Wildman–Crippen MR) is 86.6 cm³/mol. The molecule has 3 rings (SSSR count). The highest BCUT2D eigenvalue weighted by molar-refractivity contribution is 7.91. The molecule has 3 aromatic rings. The zero-order valence-corrected chi connectivity index (χ0v) is 13.4. The molecular weight excluding hydrogens is 314 g/mol. The number of hydrogen-bond donors (Lipinski definition) is 2. The molecule has 1 heterocycles. The number of carbonyl (C=O) groups is 1. The second kappa shape index (κ2) is 5.24. The minimum Gasteiger partial charge on any atom is -0.477 e. The molecule has 0 unspecified atom stereocenters. The largest absolute Gasteiger partial charge is 0.477 e. The van der Waals surface area contributed by atoms with Crippen molar-refractivity contribution in [2.24, 2.45) is 0 Å². The quantitative estimate of drug-likeness (QED) is 0.771. The normalized spacial score (nSPS) is 11.7. The number of aromatic amines is 1. The highest BCUT2D eigenvalue weighted by atomic mass is 32.2. The van der Waals surface area contributed by atoms with Gasteiger partial charge in [-0.1, -0.05) is 24.3 Å². The third-order valence-corrected chi connectivity index (χ3v) is 5.46. The monoisotopic (exact) mass is 329 g/mol. The maximum atomic E-state index is 13.1. The van der Waals surface area contributed by atoms with Crippen LogP contribution in [-0.2, 0) is 9.84 Å². The summed E-state index contributed by atoms with van der Waals surface area (Å²) in [6.45, 7) is 3.61. The molecule has 0 amide bonds. The van der Waals surface area contributed by atoms with Crippen molar-refractivity contribution >= 4 is 26.7 Å². The zero-order valence-electron chi connectivity index (χ0n) is 12.6. The van der Waals surface area contributed by atoms with E-state index in [0.717, 1.165) is 11.1 Å². The van der Waals surface area contributed by atoms with Gasteiger partial charge in [0.1, 0.15) is 10.6 Å². The molecule has 0 bridgehead atoms. The molecule has 0 fully saturated rings. The van der Waals surface area contributed by atoms with Gasteiger partial charge in [0.2, 0.25) is 9.84 Å². The average Bonchev–Trinajstić information content (AvgIpc) is 2.86. The molecule has 0 spiro atoms. The van der Waals surface area contributed by atoms with Crippen LogP contribution < -0.4 is 0 Å². The smallest absolute Gasteiger partial charge is 0.353 e. The molecule has 118 valence electrons. The van der Waals surface area contributed by atoms with E-state index in [9.17, 15) is 18.3 Å². The minimum atomic E-state index is -3.95. The second-order valence-corrected chi connectivity index (χ2v) is 7.39. The molecule has 0 atom stereocenters. The molecular formula is C17H15NO4S. The lowest BCUT2D eigenvalue weighted by Crippen LogP contribution is -2.09. The molecule has 0 aliphatic carbocycles. The zero-order chi connectivity index (χ0) is 16.8. The van der Waals surface area contributed by atoms with Crippen molar-refractivity contribution in [3.05, 3.63) is 59.3 Å². The van der Waals surface area contributed by atoms with E-state index >= 15 is 0 Å². The van der Waals surface area contributed by atoms with Gasteiger partial charge in [-0.3, -0.25) is 0 Å². The lowest BCUT2D eigenvalue weighted by atomic mass is 10.2. The fourth-order valence-corrected chi connectivity index (χ4v) is 4.54. The lowest BCUT2D eigenvalue weighted by Gasteiger charge is -2.07. The SMILES string of the molecule is Cc1cc(C)cc(S(=O)(=O)c2c(C(=O)O)[nH]c3ccccc23)c1. The first-order valence-electron chi connectivity index (χ1n) is 6.98. The Labute approximate surface area is 133 Å². The van der Waals surface area contributed by atoms with Crippen molar-refractivity contribution in [2.75, 3.05) is 0 Å². The summed E-state index contributed by atoms with van der Waals surface area (Å²) in [6.07, 6.45) is 0. The Hall–Kier alpha value is -2.60. The van der Waals surface area contributed by atoms with Gasteiger partial charge in [0.05, 0.1) is 4.90 Å². The topological polar surface area (TPSA) is 87.2 Å². The molecule has 0 saturated heterocycles. The van der Waals surface area contributed by atoms with Crippen molar-refractivity contribution in [1.82, 2.24) is 4.98 Å². The number of nitrogens with one attached hydrogen (secondary N) is 1. The van der Waals surface area contributed by atoms with Crippen molar-refractivity contribution < 1.29 is 18.3 Å². The van der Waals surface area contributed by atoms with Crippen molar-refractivity contribution in [2.45, 2.75) is 23.6 Å². The number of fused-ring (bicyclic) bond motifs is 1. The van der Waals surface area contributed by atoms with Crippen LogP contribution in [0.3, 0.4) is 0 Å². The van der Waals surface area contributed by atoms with E-state index in [-0.39, 0.29) is 15.5 Å². The minimum absolute atomic E-state index is 0.0993. The highest BCUT2D eigenvalue weighted by Crippen LogP contribution is 2.32.